The molecule has 0 aliphatic carbocycles. The molecule has 2 heterocycles. The summed E-state index contributed by atoms with van der Waals surface area (Å²) in [5.41, 5.74) is 26.8. The summed E-state index contributed by atoms with van der Waals surface area (Å²) in [5, 5.41) is 0. The molecule has 0 saturated carbocycles. The fraction of sp³-hybridized carbons (Fsp3) is 0.182. The normalized spacial score (nSPS) is 13.8. The Bertz CT molecular complexity index is 4850. The molecule has 0 fully saturated rings. The van der Waals surface area contributed by atoms with Gasteiger partial charge in [-0.1, -0.05) is 307 Å². The molecule has 0 spiro atoms. The van der Waals surface area contributed by atoms with Crippen LogP contribution < -0.4 is 26.2 Å². The van der Waals surface area contributed by atoms with Gasteiger partial charge in [0.05, 0.1) is 18.2 Å². The third kappa shape index (κ3) is 10.8. The number of anilines is 6. The Morgan fingerprint density at radius 3 is 1.03 bits per heavy atom. The number of fused-ring (bicyclic) bond motifs is 4. The van der Waals surface area contributed by atoms with E-state index in [1.807, 2.05) is 6.07 Å². The van der Waals surface area contributed by atoms with E-state index in [1.54, 1.807) is 0 Å². The largest absolute Gasteiger partial charge is 0.310 e. The molecular formula is C88H81BN2. The van der Waals surface area contributed by atoms with E-state index in [1.165, 1.54) is 22.3 Å². The molecule has 91 heavy (non-hydrogen) atoms. The van der Waals surface area contributed by atoms with Crippen LogP contribution in [0.3, 0.4) is 0 Å². The van der Waals surface area contributed by atoms with Crippen molar-refractivity contribution in [1.29, 1.82) is 0 Å². The van der Waals surface area contributed by atoms with Crippen molar-refractivity contribution in [2.45, 2.75) is 105 Å². The summed E-state index contributed by atoms with van der Waals surface area (Å²) in [6, 6.07) is 87.5. The summed E-state index contributed by atoms with van der Waals surface area (Å²) >= 11 is 0. The second-order valence-corrected chi connectivity index (χ2v) is 29.0. The summed E-state index contributed by atoms with van der Waals surface area (Å²) in [4.78, 5) is 5.11. The van der Waals surface area contributed by atoms with Crippen molar-refractivity contribution < 1.29 is 6.85 Å². The van der Waals surface area contributed by atoms with Crippen molar-refractivity contribution in [2.75, 3.05) is 9.80 Å². The minimum atomic E-state index is -0.489. The molecule has 0 aromatic heterocycles. The van der Waals surface area contributed by atoms with Crippen LogP contribution in [0, 0.1) is 0 Å². The minimum Gasteiger partial charge on any atom is -0.310 e. The monoisotopic (exact) mass is 1180 g/mol. The minimum absolute atomic E-state index is 0.0907. The quantitative estimate of drug-likeness (QED) is 0.133. The van der Waals surface area contributed by atoms with Crippen molar-refractivity contribution in [3.8, 4) is 77.9 Å². The maximum atomic E-state index is 9.60. The number of hydrogen-bond donors (Lipinski definition) is 0. The first-order chi connectivity index (χ1) is 45.8. The Morgan fingerprint density at radius 2 is 0.648 bits per heavy atom. The molecule has 14 rings (SSSR count). The third-order valence-corrected chi connectivity index (χ3v) is 18.7. The van der Waals surface area contributed by atoms with Gasteiger partial charge in [0.2, 0.25) is 0 Å². The molecule has 0 saturated heterocycles. The van der Waals surface area contributed by atoms with Gasteiger partial charge in [0.15, 0.2) is 0 Å². The number of hydrogen-bond acceptors (Lipinski definition) is 2. The van der Waals surface area contributed by atoms with Crippen LogP contribution in [0.5, 0.6) is 0 Å². The summed E-state index contributed by atoms with van der Waals surface area (Å²) in [6.07, 6.45) is 0. The van der Waals surface area contributed by atoms with Gasteiger partial charge in [-0.2, -0.15) is 0 Å². The molecule has 0 unspecified atom stereocenters. The highest BCUT2D eigenvalue weighted by Gasteiger charge is 2.46. The fourth-order valence-corrected chi connectivity index (χ4v) is 13.9. The van der Waals surface area contributed by atoms with Gasteiger partial charge in [0, 0.05) is 45.0 Å². The molecule has 0 bridgehead atoms. The van der Waals surface area contributed by atoms with E-state index in [2.05, 4.69) is 329 Å². The average Bonchev–Trinajstić information content (AvgIpc) is 0.681. The first kappa shape index (κ1) is 53.2. The molecule has 2 aliphatic heterocycles. The van der Waals surface area contributed by atoms with Crippen LogP contribution in [-0.4, -0.2) is 6.71 Å². The third-order valence-electron chi connectivity index (χ3n) is 18.7. The Morgan fingerprint density at radius 1 is 0.275 bits per heavy atom. The Hall–Kier alpha value is -9.70. The topological polar surface area (TPSA) is 6.48 Å². The predicted octanol–water partition coefficient (Wildman–Crippen LogP) is 22.6. The van der Waals surface area contributed by atoms with Crippen molar-refractivity contribution in [3.63, 3.8) is 0 Å². The molecule has 12 aromatic carbocycles. The molecule has 2 nitrogen and oxygen atoms in total. The Labute approximate surface area is 548 Å². The van der Waals surface area contributed by atoms with Gasteiger partial charge in [-0.25, -0.2) is 0 Å². The Balaban J connectivity index is 1.22. The van der Waals surface area contributed by atoms with Gasteiger partial charge in [0.25, 0.3) is 6.71 Å². The zero-order valence-corrected chi connectivity index (χ0v) is 54.6. The summed E-state index contributed by atoms with van der Waals surface area (Å²) in [6.45, 7) is 27.1. The summed E-state index contributed by atoms with van der Waals surface area (Å²) in [7, 11) is 0. The zero-order valence-electron chi connectivity index (χ0n) is 59.6. The second-order valence-electron chi connectivity index (χ2n) is 29.0. The van der Waals surface area contributed by atoms with Crippen molar-refractivity contribution >= 4 is 57.2 Å². The lowest BCUT2D eigenvalue weighted by Gasteiger charge is -2.46. The van der Waals surface area contributed by atoms with E-state index < -0.39 is 12.8 Å². The van der Waals surface area contributed by atoms with Crippen LogP contribution >= 0.6 is 0 Å². The van der Waals surface area contributed by atoms with Crippen molar-refractivity contribution in [2.24, 2.45) is 0 Å². The summed E-state index contributed by atoms with van der Waals surface area (Å²) < 4.78 is 46.2. The van der Waals surface area contributed by atoms with E-state index in [4.69, 9.17) is 4.11 Å². The lowest BCUT2D eigenvalue weighted by atomic mass is 9.33. The highest BCUT2D eigenvalue weighted by molar-refractivity contribution is 7.00. The predicted molar refractivity (Wildman–Crippen MR) is 393 cm³/mol. The second kappa shape index (κ2) is 22.7. The fourth-order valence-electron chi connectivity index (χ4n) is 13.9. The lowest BCUT2D eigenvalue weighted by molar-refractivity contribution is 0.570. The molecule has 12 aromatic rings. The van der Waals surface area contributed by atoms with Crippen molar-refractivity contribution in [3.05, 3.63) is 295 Å². The molecule has 0 atom stereocenters. The number of nitrogens with zero attached hydrogens (tertiary/aromatic N) is 2. The van der Waals surface area contributed by atoms with Crippen molar-refractivity contribution in [1.82, 2.24) is 0 Å². The number of rotatable bonds is 9. The van der Waals surface area contributed by atoms with Crippen LogP contribution in [0.1, 0.15) is 112 Å². The molecule has 446 valence electrons. The Kier molecular flexibility index (Phi) is 13.2. The van der Waals surface area contributed by atoms with E-state index in [0.717, 1.165) is 117 Å². The molecule has 0 amide bonds. The van der Waals surface area contributed by atoms with E-state index >= 15 is 0 Å². The van der Waals surface area contributed by atoms with Gasteiger partial charge in [0.1, 0.15) is 0 Å². The zero-order chi connectivity index (χ0) is 67.5. The van der Waals surface area contributed by atoms with Gasteiger partial charge >= 0.3 is 0 Å². The first-order valence-electron chi connectivity index (χ1n) is 34.7. The molecule has 0 N–H and O–H groups in total. The van der Waals surface area contributed by atoms with Gasteiger partial charge in [-0.05, 0) is 164 Å². The van der Waals surface area contributed by atoms with Crippen LogP contribution in [-0.2, 0) is 21.7 Å². The lowest BCUT2D eigenvalue weighted by Crippen LogP contribution is -2.61. The first-order valence-corrected chi connectivity index (χ1v) is 32.2. The van der Waals surface area contributed by atoms with E-state index in [9.17, 15) is 2.74 Å². The standard InChI is InChI=1S/C88H81BN2/c1-85(2,3)67-45-46-70(75(57-67)88(10,11)12)65-44-48-79-77(50-65)89-76-49-64(58-31-19-13-20-32-58)43-47-78(76)90(83-71(60-35-23-15-24-36-60)53-68(86(4,5)6)54-72(83)61-37-25-16-26-38-61)80-51-66(59-33-21-14-22-34-59)52-81(82(80)89)91(79)84-73(62-39-27-17-28-40-62)55-69(87(7,8)9)56-74(84)63-41-29-18-30-42-63/h13-57H,1-12H3/i13D,19D,20D,31D,32D. The molecular weight excluding hydrogens is 1100 g/mol. The van der Waals surface area contributed by atoms with Gasteiger partial charge < -0.3 is 9.80 Å². The van der Waals surface area contributed by atoms with Crippen LogP contribution in [0.15, 0.2) is 273 Å². The molecule has 3 heteroatoms. The molecule has 0 radical (unpaired) electrons. The maximum Gasteiger partial charge on any atom is 0.252 e. The SMILES string of the molecule is [2H]c1c([2H])c([2H])c(-c2ccc3c(c2)B2c4cc(-c5ccc(C(C)(C)C)cc5C(C)(C)C)ccc4N(c4c(-c5ccccc5)cc(C(C)(C)C)cc4-c4ccccc4)c4cc(-c5ccccc5)cc(c42)N3c2c(-c3ccccc3)cc(C(C)(C)C)cc2-c2ccccc2)c([2H])c1[2H]. The average molecular weight is 1180 g/mol. The van der Waals surface area contributed by atoms with Crippen LogP contribution in [0.25, 0.3) is 77.9 Å². The number of benzene rings is 12. The van der Waals surface area contributed by atoms with E-state index in [0.29, 0.717) is 5.56 Å². The van der Waals surface area contributed by atoms with Crippen LogP contribution in [0.2, 0.25) is 0 Å². The van der Waals surface area contributed by atoms with Crippen LogP contribution in [0.4, 0.5) is 34.1 Å². The summed E-state index contributed by atoms with van der Waals surface area (Å²) in [5.74, 6) is 0. The van der Waals surface area contributed by atoms with Gasteiger partial charge in [-0.3, -0.25) is 0 Å². The maximum absolute atomic E-state index is 9.60. The molecule has 2 aliphatic rings. The highest BCUT2D eigenvalue weighted by atomic mass is 15.2. The highest BCUT2D eigenvalue weighted by Crippen LogP contribution is 2.55. The van der Waals surface area contributed by atoms with E-state index in [-0.39, 0.29) is 51.4 Å². The smallest absolute Gasteiger partial charge is 0.252 e. The van der Waals surface area contributed by atoms with Gasteiger partial charge in [-0.15, -0.1) is 0 Å².